The monoisotopic (exact) mass is 313 g/mol. The number of carboxylic acid groups (broad SMARTS) is 1. The molecule has 2 N–H and O–H groups in total. The van der Waals surface area contributed by atoms with Crippen molar-refractivity contribution in [2.45, 2.75) is 46.6 Å². The first-order valence-electron chi connectivity index (χ1n) is 7.02. The first kappa shape index (κ1) is 17.6. The standard InChI is InChI=1S/C16H24ClNO3/c1-10(8-16(4,5)18-15(19)20)9-21-14-7-6-13(17)11(2)12(14)3/h6-7,10,18H,8-9H2,1-5H3,(H,19,20). The van der Waals surface area contributed by atoms with E-state index >= 15 is 0 Å². The summed E-state index contributed by atoms with van der Waals surface area (Å²) >= 11 is 6.06. The first-order valence-corrected chi connectivity index (χ1v) is 7.40. The highest BCUT2D eigenvalue weighted by atomic mass is 35.5. The van der Waals surface area contributed by atoms with Gasteiger partial charge in [0, 0.05) is 10.6 Å². The topological polar surface area (TPSA) is 58.6 Å². The SMILES string of the molecule is Cc1c(Cl)ccc(OCC(C)CC(C)(C)NC(=O)O)c1C. The number of amides is 1. The van der Waals surface area contributed by atoms with Crippen LogP contribution in [0, 0.1) is 19.8 Å². The molecule has 0 saturated carbocycles. The molecule has 1 unspecified atom stereocenters. The maximum absolute atomic E-state index is 10.7. The van der Waals surface area contributed by atoms with Gasteiger partial charge in [0.15, 0.2) is 0 Å². The Hall–Kier alpha value is -1.42. The molecule has 0 aliphatic carbocycles. The summed E-state index contributed by atoms with van der Waals surface area (Å²) in [6.07, 6.45) is -0.303. The zero-order valence-corrected chi connectivity index (χ0v) is 14.0. The lowest BCUT2D eigenvalue weighted by molar-refractivity contribution is 0.169. The van der Waals surface area contributed by atoms with Crippen molar-refractivity contribution in [1.29, 1.82) is 0 Å². The van der Waals surface area contributed by atoms with Gasteiger partial charge in [0.25, 0.3) is 0 Å². The minimum Gasteiger partial charge on any atom is -0.493 e. The quantitative estimate of drug-likeness (QED) is 0.818. The van der Waals surface area contributed by atoms with Gasteiger partial charge in [-0.1, -0.05) is 18.5 Å². The third-order valence-corrected chi connectivity index (χ3v) is 3.91. The molecule has 0 saturated heterocycles. The molecule has 5 heteroatoms. The molecule has 118 valence electrons. The zero-order valence-electron chi connectivity index (χ0n) is 13.3. The molecule has 0 aromatic heterocycles. The van der Waals surface area contributed by atoms with Crippen LogP contribution in [0.2, 0.25) is 5.02 Å². The Labute approximate surface area is 131 Å². The number of rotatable bonds is 6. The van der Waals surface area contributed by atoms with Crippen LogP contribution in [-0.2, 0) is 0 Å². The maximum atomic E-state index is 10.7. The van der Waals surface area contributed by atoms with Crippen molar-refractivity contribution in [3.63, 3.8) is 0 Å². The van der Waals surface area contributed by atoms with E-state index in [2.05, 4.69) is 5.32 Å². The normalized spacial score (nSPS) is 12.9. The molecule has 0 aliphatic heterocycles. The molecule has 21 heavy (non-hydrogen) atoms. The van der Waals surface area contributed by atoms with Gasteiger partial charge in [0.2, 0.25) is 0 Å². The number of benzene rings is 1. The van der Waals surface area contributed by atoms with Crippen molar-refractivity contribution in [1.82, 2.24) is 5.32 Å². The summed E-state index contributed by atoms with van der Waals surface area (Å²) in [5.74, 6) is 1.05. The van der Waals surface area contributed by atoms with Crippen molar-refractivity contribution in [2.75, 3.05) is 6.61 Å². The molecule has 1 rings (SSSR count). The molecule has 0 bridgehead atoms. The van der Waals surface area contributed by atoms with E-state index in [0.717, 1.165) is 21.9 Å². The second-order valence-electron chi connectivity index (χ2n) is 6.23. The Morgan fingerprint density at radius 1 is 1.38 bits per heavy atom. The van der Waals surface area contributed by atoms with Gasteiger partial charge in [-0.2, -0.15) is 0 Å². The van der Waals surface area contributed by atoms with E-state index in [-0.39, 0.29) is 5.92 Å². The van der Waals surface area contributed by atoms with Gasteiger partial charge < -0.3 is 15.2 Å². The Morgan fingerprint density at radius 3 is 2.57 bits per heavy atom. The van der Waals surface area contributed by atoms with Gasteiger partial charge in [-0.25, -0.2) is 4.79 Å². The Balaban J connectivity index is 2.59. The Bertz CT molecular complexity index is 514. The maximum Gasteiger partial charge on any atom is 0.405 e. The van der Waals surface area contributed by atoms with Crippen molar-refractivity contribution < 1.29 is 14.6 Å². The minimum atomic E-state index is -1.00. The second-order valence-corrected chi connectivity index (χ2v) is 6.64. The molecule has 1 aromatic carbocycles. The summed E-state index contributed by atoms with van der Waals surface area (Å²) in [7, 11) is 0. The Kier molecular flexibility index (Phi) is 5.90. The lowest BCUT2D eigenvalue weighted by atomic mass is 9.92. The van der Waals surface area contributed by atoms with E-state index in [1.54, 1.807) is 0 Å². The van der Waals surface area contributed by atoms with E-state index < -0.39 is 11.6 Å². The van der Waals surface area contributed by atoms with Crippen LogP contribution in [0.15, 0.2) is 12.1 Å². The molecule has 1 aromatic rings. The highest BCUT2D eigenvalue weighted by molar-refractivity contribution is 6.31. The van der Waals surface area contributed by atoms with Crippen LogP contribution in [0.1, 0.15) is 38.3 Å². The molecule has 4 nitrogen and oxygen atoms in total. The predicted molar refractivity (Wildman–Crippen MR) is 85.4 cm³/mol. The van der Waals surface area contributed by atoms with E-state index in [0.29, 0.717) is 13.0 Å². The molecule has 0 aliphatic rings. The van der Waals surface area contributed by atoms with E-state index in [1.165, 1.54) is 0 Å². The Morgan fingerprint density at radius 2 is 2.00 bits per heavy atom. The average Bonchev–Trinajstić information content (AvgIpc) is 2.32. The molecule has 1 atom stereocenters. The summed E-state index contributed by atoms with van der Waals surface area (Å²) in [6.45, 7) is 10.3. The summed E-state index contributed by atoms with van der Waals surface area (Å²) in [4.78, 5) is 10.7. The minimum absolute atomic E-state index is 0.224. The fraction of sp³-hybridized carbons (Fsp3) is 0.562. The fourth-order valence-corrected chi connectivity index (χ4v) is 2.63. The summed E-state index contributed by atoms with van der Waals surface area (Å²) < 4.78 is 5.85. The third-order valence-electron chi connectivity index (χ3n) is 3.50. The molecular formula is C16H24ClNO3. The van der Waals surface area contributed by atoms with Gasteiger partial charge in [-0.15, -0.1) is 0 Å². The van der Waals surface area contributed by atoms with Gasteiger partial charge >= 0.3 is 6.09 Å². The van der Waals surface area contributed by atoms with Crippen molar-refractivity contribution in [3.05, 3.63) is 28.3 Å². The van der Waals surface area contributed by atoms with Gasteiger partial charge in [0.05, 0.1) is 6.61 Å². The molecule has 0 spiro atoms. The summed E-state index contributed by atoms with van der Waals surface area (Å²) in [5, 5.41) is 12.1. The fourth-order valence-electron chi connectivity index (χ4n) is 2.42. The average molecular weight is 314 g/mol. The number of halogens is 1. The number of hydrogen-bond acceptors (Lipinski definition) is 2. The lowest BCUT2D eigenvalue weighted by Crippen LogP contribution is -2.44. The number of hydrogen-bond donors (Lipinski definition) is 2. The number of ether oxygens (including phenoxy) is 1. The number of carbonyl (C=O) groups is 1. The van der Waals surface area contributed by atoms with E-state index in [9.17, 15) is 4.79 Å². The van der Waals surface area contributed by atoms with Crippen LogP contribution in [0.3, 0.4) is 0 Å². The molecule has 1 amide bonds. The van der Waals surface area contributed by atoms with E-state index in [4.69, 9.17) is 21.4 Å². The third kappa shape index (κ3) is 5.46. The van der Waals surface area contributed by atoms with Crippen LogP contribution >= 0.6 is 11.6 Å². The zero-order chi connectivity index (χ0) is 16.2. The highest BCUT2D eigenvalue weighted by Gasteiger charge is 2.23. The van der Waals surface area contributed by atoms with Crippen LogP contribution in [0.5, 0.6) is 5.75 Å². The second kappa shape index (κ2) is 7.03. The summed E-state index contributed by atoms with van der Waals surface area (Å²) in [6, 6.07) is 3.71. The van der Waals surface area contributed by atoms with E-state index in [1.807, 2.05) is 46.8 Å². The van der Waals surface area contributed by atoms with Crippen LogP contribution < -0.4 is 10.1 Å². The lowest BCUT2D eigenvalue weighted by Gasteiger charge is -2.28. The van der Waals surface area contributed by atoms with Crippen molar-refractivity contribution >= 4 is 17.7 Å². The largest absolute Gasteiger partial charge is 0.493 e. The van der Waals surface area contributed by atoms with Crippen LogP contribution in [0.25, 0.3) is 0 Å². The number of nitrogens with one attached hydrogen (secondary N) is 1. The van der Waals surface area contributed by atoms with Gasteiger partial charge in [-0.3, -0.25) is 0 Å². The van der Waals surface area contributed by atoms with Crippen LogP contribution in [-0.4, -0.2) is 23.3 Å². The van der Waals surface area contributed by atoms with Crippen LogP contribution in [0.4, 0.5) is 4.79 Å². The van der Waals surface area contributed by atoms with Gasteiger partial charge in [0.1, 0.15) is 5.75 Å². The molecular weight excluding hydrogens is 290 g/mol. The van der Waals surface area contributed by atoms with Gasteiger partial charge in [-0.05, 0) is 63.3 Å². The summed E-state index contributed by atoms with van der Waals surface area (Å²) in [5.41, 5.74) is 1.59. The smallest absolute Gasteiger partial charge is 0.405 e. The highest BCUT2D eigenvalue weighted by Crippen LogP contribution is 2.28. The molecule has 0 fully saturated rings. The van der Waals surface area contributed by atoms with Crippen molar-refractivity contribution in [2.24, 2.45) is 5.92 Å². The van der Waals surface area contributed by atoms with Crippen molar-refractivity contribution in [3.8, 4) is 5.75 Å². The first-order chi connectivity index (χ1) is 9.62. The molecule has 0 heterocycles. The molecule has 0 radical (unpaired) electrons. The predicted octanol–water partition coefficient (Wildman–Crippen LogP) is 4.41.